The molecule has 0 saturated carbocycles. The van der Waals surface area contributed by atoms with Gasteiger partial charge >= 0.3 is 0 Å². The predicted octanol–water partition coefficient (Wildman–Crippen LogP) is 1.31. The average molecular weight is 264 g/mol. The van der Waals surface area contributed by atoms with Gasteiger partial charge in [-0.1, -0.05) is 17.7 Å². The highest BCUT2D eigenvalue weighted by molar-refractivity contribution is 7.89. The molecule has 1 aromatic carbocycles. The van der Waals surface area contributed by atoms with Crippen LogP contribution in [0, 0.1) is 6.92 Å². The number of aryl methyl sites for hydroxylation is 1. The third kappa shape index (κ3) is 3.18. The summed E-state index contributed by atoms with van der Waals surface area (Å²) in [5, 5.41) is 9.18. The van der Waals surface area contributed by atoms with E-state index in [2.05, 4.69) is 4.72 Å². The molecule has 0 heterocycles. The molecule has 1 rings (SSSR count). The van der Waals surface area contributed by atoms with Crippen molar-refractivity contribution < 1.29 is 13.5 Å². The van der Waals surface area contributed by atoms with Crippen LogP contribution in [0.3, 0.4) is 0 Å². The minimum absolute atomic E-state index is 0.139. The Morgan fingerprint density at radius 1 is 1.50 bits per heavy atom. The molecule has 2 N–H and O–H groups in total. The summed E-state index contributed by atoms with van der Waals surface area (Å²) >= 11 is 5.75. The number of rotatable bonds is 4. The fourth-order valence-corrected chi connectivity index (χ4v) is 2.97. The SMILES string of the molecule is Cc1ccc(Cl)cc1S(=O)(=O)N[C@H](C)CO. The van der Waals surface area contributed by atoms with Gasteiger partial charge in [0, 0.05) is 11.1 Å². The molecular weight excluding hydrogens is 250 g/mol. The van der Waals surface area contributed by atoms with Gasteiger partial charge in [-0.15, -0.1) is 0 Å². The number of nitrogens with one attached hydrogen (secondary N) is 1. The highest BCUT2D eigenvalue weighted by Gasteiger charge is 2.19. The van der Waals surface area contributed by atoms with Crippen molar-refractivity contribution in [3.8, 4) is 0 Å². The van der Waals surface area contributed by atoms with Crippen LogP contribution < -0.4 is 4.72 Å². The highest BCUT2D eigenvalue weighted by atomic mass is 35.5. The zero-order chi connectivity index (χ0) is 12.3. The second-order valence-electron chi connectivity index (χ2n) is 3.61. The highest BCUT2D eigenvalue weighted by Crippen LogP contribution is 2.20. The van der Waals surface area contributed by atoms with E-state index in [0.29, 0.717) is 10.6 Å². The summed E-state index contributed by atoms with van der Waals surface area (Å²) in [6, 6.07) is 4.14. The molecule has 0 aliphatic heterocycles. The minimum atomic E-state index is -3.62. The summed E-state index contributed by atoms with van der Waals surface area (Å²) in [6.45, 7) is 3.02. The van der Waals surface area contributed by atoms with Crippen LogP contribution in [0.1, 0.15) is 12.5 Å². The fourth-order valence-electron chi connectivity index (χ4n) is 1.23. The van der Waals surface area contributed by atoms with Gasteiger partial charge in [0.2, 0.25) is 10.0 Å². The Bertz CT molecular complexity index is 473. The third-order valence-electron chi connectivity index (χ3n) is 2.07. The molecule has 0 unspecified atom stereocenters. The Kier molecular flexibility index (Phi) is 4.32. The number of benzene rings is 1. The van der Waals surface area contributed by atoms with Gasteiger partial charge in [-0.3, -0.25) is 0 Å². The zero-order valence-corrected chi connectivity index (χ0v) is 10.6. The van der Waals surface area contributed by atoms with Gasteiger partial charge in [0.1, 0.15) is 0 Å². The molecule has 0 aliphatic carbocycles. The first-order valence-corrected chi connectivity index (χ1v) is 6.62. The number of halogens is 1. The lowest BCUT2D eigenvalue weighted by Crippen LogP contribution is -2.35. The van der Waals surface area contributed by atoms with Crippen LogP contribution in [-0.2, 0) is 10.0 Å². The fraction of sp³-hybridized carbons (Fsp3) is 0.400. The van der Waals surface area contributed by atoms with Gasteiger partial charge in [0.05, 0.1) is 11.5 Å². The van der Waals surface area contributed by atoms with Gasteiger partial charge in [-0.2, -0.15) is 0 Å². The van der Waals surface area contributed by atoms with Crippen LogP contribution in [0.2, 0.25) is 5.02 Å². The van der Waals surface area contributed by atoms with Crippen molar-refractivity contribution in [3.05, 3.63) is 28.8 Å². The van der Waals surface area contributed by atoms with Crippen LogP contribution in [0.25, 0.3) is 0 Å². The van der Waals surface area contributed by atoms with Gasteiger partial charge in [-0.25, -0.2) is 13.1 Å². The summed E-state index contributed by atoms with van der Waals surface area (Å²) in [6.07, 6.45) is 0. The lowest BCUT2D eigenvalue weighted by molar-refractivity contribution is 0.265. The number of hydrogen-bond acceptors (Lipinski definition) is 3. The van der Waals surface area contributed by atoms with Crippen LogP contribution in [0.15, 0.2) is 23.1 Å². The second-order valence-corrected chi connectivity index (χ2v) is 5.73. The maximum Gasteiger partial charge on any atom is 0.241 e. The minimum Gasteiger partial charge on any atom is -0.395 e. The van der Waals surface area contributed by atoms with E-state index in [0.717, 1.165) is 0 Å². The van der Waals surface area contributed by atoms with Crippen LogP contribution in [0.5, 0.6) is 0 Å². The molecule has 6 heteroatoms. The van der Waals surface area contributed by atoms with Crippen molar-refractivity contribution in [2.24, 2.45) is 0 Å². The third-order valence-corrected chi connectivity index (χ3v) is 4.04. The van der Waals surface area contributed by atoms with E-state index in [1.807, 2.05) is 0 Å². The Hall–Kier alpha value is -0.620. The molecule has 0 aromatic heterocycles. The van der Waals surface area contributed by atoms with E-state index in [-0.39, 0.29) is 11.5 Å². The Morgan fingerprint density at radius 2 is 2.12 bits per heavy atom. The van der Waals surface area contributed by atoms with Crippen molar-refractivity contribution in [2.75, 3.05) is 6.61 Å². The first-order valence-electron chi connectivity index (χ1n) is 4.76. The first kappa shape index (κ1) is 13.4. The van der Waals surface area contributed by atoms with E-state index in [1.54, 1.807) is 26.0 Å². The average Bonchev–Trinajstić information content (AvgIpc) is 2.20. The van der Waals surface area contributed by atoms with E-state index in [4.69, 9.17) is 16.7 Å². The van der Waals surface area contributed by atoms with E-state index < -0.39 is 16.1 Å². The molecule has 0 spiro atoms. The van der Waals surface area contributed by atoms with Gasteiger partial charge in [0.15, 0.2) is 0 Å². The molecule has 1 atom stereocenters. The molecule has 4 nitrogen and oxygen atoms in total. The summed E-state index contributed by atoms with van der Waals surface area (Å²) in [7, 11) is -3.62. The van der Waals surface area contributed by atoms with Crippen molar-refractivity contribution in [1.82, 2.24) is 4.72 Å². The molecule has 0 saturated heterocycles. The van der Waals surface area contributed by atoms with Crippen molar-refractivity contribution in [2.45, 2.75) is 24.8 Å². The summed E-state index contributed by atoms with van der Waals surface area (Å²) in [4.78, 5) is 0.139. The van der Waals surface area contributed by atoms with E-state index >= 15 is 0 Å². The lowest BCUT2D eigenvalue weighted by Gasteiger charge is -2.13. The molecule has 0 fully saturated rings. The predicted molar refractivity (Wildman–Crippen MR) is 63.1 cm³/mol. The molecule has 1 aromatic rings. The van der Waals surface area contributed by atoms with Gasteiger partial charge in [0.25, 0.3) is 0 Å². The Labute approximate surface area is 100 Å². The van der Waals surface area contributed by atoms with Gasteiger partial charge in [-0.05, 0) is 31.5 Å². The summed E-state index contributed by atoms with van der Waals surface area (Å²) in [5.41, 5.74) is 0.613. The quantitative estimate of drug-likeness (QED) is 0.861. The largest absolute Gasteiger partial charge is 0.395 e. The van der Waals surface area contributed by atoms with Gasteiger partial charge < -0.3 is 5.11 Å². The molecule has 90 valence electrons. The first-order chi connectivity index (χ1) is 7.36. The maximum absolute atomic E-state index is 11.9. The number of aliphatic hydroxyl groups excluding tert-OH is 1. The topological polar surface area (TPSA) is 66.4 Å². The van der Waals surface area contributed by atoms with E-state index in [9.17, 15) is 8.42 Å². The number of sulfonamides is 1. The number of hydrogen-bond donors (Lipinski definition) is 2. The normalized spacial score (nSPS) is 13.8. The van der Waals surface area contributed by atoms with Crippen molar-refractivity contribution in [1.29, 1.82) is 0 Å². The standard InChI is InChI=1S/C10H14ClNO3S/c1-7-3-4-9(11)5-10(7)16(14,15)12-8(2)6-13/h3-5,8,12-13H,6H2,1-2H3/t8-/m1/s1. The monoisotopic (exact) mass is 263 g/mol. The lowest BCUT2D eigenvalue weighted by atomic mass is 10.2. The molecule has 0 amide bonds. The number of aliphatic hydroxyl groups is 1. The van der Waals surface area contributed by atoms with Crippen LogP contribution >= 0.6 is 11.6 Å². The Morgan fingerprint density at radius 3 is 2.69 bits per heavy atom. The maximum atomic E-state index is 11.9. The smallest absolute Gasteiger partial charge is 0.241 e. The molecule has 0 radical (unpaired) electrons. The molecular formula is C10H14ClNO3S. The van der Waals surface area contributed by atoms with Crippen molar-refractivity contribution in [3.63, 3.8) is 0 Å². The molecule has 0 bridgehead atoms. The molecule has 0 aliphatic rings. The van der Waals surface area contributed by atoms with Crippen molar-refractivity contribution >= 4 is 21.6 Å². The molecule has 16 heavy (non-hydrogen) atoms. The zero-order valence-electron chi connectivity index (χ0n) is 9.07. The summed E-state index contributed by atoms with van der Waals surface area (Å²) < 4.78 is 26.1. The Balaban J connectivity index is 3.12. The second kappa shape index (κ2) is 5.14. The van der Waals surface area contributed by atoms with Crippen LogP contribution in [-0.4, -0.2) is 26.2 Å². The summed E-state index contributed by atoms with van der Waals surface area (Å²) in [5.74, 6) is 0. The van der Waals surface area contributed by atoms with E-state index in [1.165, 1.54) is 6.07 Å². The van der Waals surface area contributed by atoms with Crippen LogP contribution in [0.4, 0.5) is 0 Å².